The van der Waals surface area contributed by atoms with E-state index in [0.717, 1.165) is 16.5 Å². The Bertz CT molecular complexity index is 651. The van der Waals surface area contributed by atoms with Crippen LogP contribution in [0.5, 0.6) is 0 Å². The fourth-order valence-corrected chi connectivity index (χ4v) is 2.95. The van der Waals surface area contributed by atoms with Gasteiger partial charge in [0.2, 0.25) is 0 Å². The molecule has 1 aliphatic rings. The van der Waals surface area contributed by atoms with E-state index in [4.69, 9.17) is 4.74 Å². The van der Waals surface area contributed by atoms with Crippen molar-refractivity contribution in [2.45, 2.75) is 25.3 Å². The summed E-state index contributed by atoms with van der Waals surface area (Å²) in [5.74, 6) is 1.28. The molecule has 1 saturated carbocycles. The highest BCUT2D eigenvalue weighted by atomic mass is 32.1. The van der Waals surface area contributed by atoms with Gasteiger partial charge in [0, 0.05) is 44.3 Å². The Balaban J connectivity index is 1.66. The zero-order valence-corrected chi connectivity index (χ0v) is 14.2. The Kier molecular flexibility index (Phi) is 4.92. The zero-order chi connectivity index (χ0) is 16.2. The number of hydrogen-bond donors (Lipinski definition) is 1. The van der Waals surface area contributed by atoms with Gasteiger partial charge in [-0.2, -0.15) is 5.10 Å². The fraction of sp³-hybridized carbons (Fsp3) is 0.533. The second kappa shape index (κ2) is 7.10. The van der Waals surface area contributed by atoms with Crippen LogP contribution in [-0.2, 0) is 18.3 Å². The van der Waals surface area contributed by atoms with Crippen LogP contribution in [0.1, 0.15) is 29.5 Å². The van der Waals surface area contributed by atoms with Gasteiger partial charge in [-0.25, -0.2) is 9.78 Å². The molecule has 2 aromatic heterocycles. The van der Waals surface area contributed by atoms with Crippen LogP contribution in [0, 0.1) is 0 Å². The maximum absolute atomic E-state index is 12.6. The Hall–Kier alpha value is -1.93. The number of thiazole rings is 1. The molecule has 8 heteroatoms. The van der Waals surface area contributed by atoms with Crippen molar-refractivity contribution in [3.05, 3.63) is 28.3 Å². The predicted octanol–water partition coefficient (Wildman–Crippen LogP) is 2.43. The Morgan fingerprint density at radius 1 is 1.57 bits per heavy atom. The van der Waals surface area contributed by atoms with Crippen LogP contribution in [0.4, 0.5) is 10.6 Å². The summed E-state index contributed by atoms with van der Waals surface area (Å²) in [6.07, 6.45) is 4.12. The van der Waals surface area contributed by atoms with Crippen molar-refractivity contribution in [2.24, 2.45) is 7.05 Å². The molecular formula is C15H21N5O2S. The van der Waals surface area contributed by atoms with Crippen molar-refractivity contribution in [1.82, 2.24) is 19.7 Å². The quantitative estimate of drug-likeness (QED) is 0.843. The number of amides is 2. The van der Waals surface area contributed by atoms with Gasteiger partial charge in [-0.05, 0) is 12.8 Å². The van der Waals surface area contributed by atoms with Crippen LogP contribution < -0.4 is 5.32 Å². The zero-order valence-electron chi connectivity index (χ0n) is 13.4. The average Bonchev–Trinajstić information content (AvgIpc) is 3.15. The number of nitrogens with one attached hydrogen (secondary N) is 1. The second-order valence-corrected chi connectivity index (χ2v) is 6.60. The van der Waals surface area contributed by atoms with Gasteiger partial charge in [-0.15, -0.1) is 11.3 Å². The van der Waals surface area contributed by atoms with Crippen LogP contribution >= 0.6 is 11.3 Å². The lowest BCUT2D eigenvalue weighted by atomic mass is 10.3. The van der Waals surface area contributed by atoms with Crippen molar-refractivity contribution >= 4 is 23.2 Å². The maximum atomic E-state index is 12.6. The number of ether oxygens (including phenoxy) is 1. The van der Waals surface area contributed by atoms with E-state index in [9.17, 15) is 4.79 Å². The molecule has 0 atom stereocenters. The Morgan fingerprint density at radius 2 is 2.39 bits per heavy atom. The second-order valence-electron chi connectivity index (χ2n) is 5.62. The molecule has 2 heterocycles. The summed E-state index contributed by atoms with van der Waals surface area (Å²) < 4.78 is 6.83. The lowest BCUT2D eigenvalue weighted by Crippen LogP contribution is -2.37. The van der Waals surface area contributed by atoms with Gasteiger partial charge in [-0.3, -0.25) is 10.00 Å². The van der Waals surface area contributed by atoms with Crippen LogP contribution in [0.15, 0.2) is 17.6 Å². The van der Waals surface area contributed by atoms with E-state index in [1.54, 1.807) is 22.9 Å². The fourth-order valence-electron chi connectivity index (χ4n) is 2.32. The van der Waals surface area contributed by atoms with Gasteiger partial charge in [0.25, 0.3) is 0 Å². The number of rotatable bonds is 7. The van der Waals surface area contributed by atoms with Gasteiger partial charge in [0.15, 0.2) is 0 Å². The van der Waals surface area contributed by atoms with E-state index < -0.39 is 0 Å². The number of carbonyl (C=O) groups is 1. The lowest BCUT2D eigenvalue weighted by molar-refractivity contribution is 0.152. The molecule has 1 fully saturated rings. The van der Waals surface area contributed by atoms with Crippen molar-refractivity contribution in [3.8, 4) is 0 Å². The first-order valence-electron chi connectivity index (χ1n) is 7.64. The highest BCUT2D eigenvalue weighted by Gasteiger charge is 2.27. The molecule has 0 radical (unpaired) electrons. The van der Waals surface area contributed by atoms with Gasteiger partial charge < -0.3 is 9.64 Å². The summed E-state index contributed by atoms with van der Waals surface area (Å²) >= 11 is 1.54. The highest BCUT2D eigenvalue weighted by molar-refractivity contribution is 7.09. The monoisotopic (exact) mass is 335 g/mol. The molecule has 23 heavy (non-hydrogen) atoms. The molecule has 1 N–H and O–H groups in total. The third-order valence-corrected chi connectivity index (χ3v) is 4.56. The summed E-state index contributed by atoms with van der Waals surface area (Å²) in [5.41, 5.74) is 1.06. The Morgan fingerprint density at radius 3 is 3.04 bits per heavy atom. The Labute approximate surface area is 139 Å². The molecule has 2 aromatic rings. The van der Waals surface area contributed by atoms with Crippen LogP contribution in [0.3, 0.4) is 0 Å². The molecular weight excluding hydrogens is 314 g/mol. The predicted molar refractivity (Wildman–Crippen MR) is 88.6 cm³/mol. The third kappa shape index (κ3) is 4.08. The molecule has 7 nitrogen and oxygen atoms in total. The lowest BCUT2D eigenvalue weighted by Gasteiger charge is -2.21. The first-order chi connectivity index (χ1) is 11.2. The van der Waals surface area contributed by atoms with Gasteiger partial charge in [0.05, 0.1) is 18.8 Å². The summed E-state index contributed by atoms with van der Waals surface area (Å²) in [5, 5.41) is 10.2. The van der Waals surface area contributed by atoms with E-state index in [-0.39, 0.29) is 6.03 Å². The molecule has 0 bridgehead atoms. The van der Waals surface area contributed by atoms with Crippen molar-refractivity contribution in [3.63, 3.8) is 0 Å². The molecule has 0 unspecified atom stereocenters. The number of urea groups is 1. The smallest absolute Gasteiger partial charge is 0.323 e. The first kappa shape index (κ1) is 15.9. The third-order valence-electron chi connectivity index (χ3n) is 3.79. The van der Waals surface area contributed by atoms with E-state index >= 15 is 0 Å². The van der Waals surface area contributed by atoms with Gasteiger partial charge >= 0.3 is 6.03 Å². The number of anilines is 1. The van der Waals surface area contributed by atoms with Crippen molar-refractivity contribution in [2.75, 3.05) is 25.6 Å². The van der Waals surface area contributed by atoms with E-state index in [0.29, 0.717) is 25.6 Å². The highest BCUT2D eigenvalue weighted by Crippen LogP contribution is 2.39. The number of nitrogens with zero attached hydrogens (tertiary/aromatic N) is 4. The molecule has 2 amide bonds. The average molecular weight is 335 g/mol. The number of carbonyl (C=O) groups excluding carboxylic acids is 1. The minimum Gasteiger partial charge on any atom is -0.383 e. The number of hydrogen-bond acceptors (Lipinski definition) is 5. The summed E-state index contributed by atoms with van der Waals surface area (Å²) in [6, 6.07) is 1.80. The largest absolute Gasteiger partial charge is 0.383 e. The minimum atomic E-state index is -0.164. The van der Waals surface area contributed by atoms with Crippen LogP contribution in [-0.4, -0.2) is 46.0 Å². The van der Waals surface area contributed by atoms with Crippen molar-refractivity contribution < 1.29 is 9.53 Å². The standard InChI is InChI=1S/C15H21N5O2S/c1-19-13(9-12(18-19)11-3-4-11)17-15(21)20(6-7-22-2)10-14-16-5-8-23-14/h5,8-9,11H,3-4,6-7,10H2,1-2H3,(H,17,21). The maximum Gasteiger partial charge on any atom is 0.323 e. The van der Waals surface area contributed by atoms with E-state index in [1.165, 1.54) is 24.2 Å². The molecule has 0 spiro atoms. The SMILES string of the molecule is COCCN(Cc1nccs1)C(=O)Nc1cc(C2CC2)nn1C. The topological polar surface area (TPSA) is 72.3 Å². The van der Waals surface area contributed by atoms with Crippen LogP contribution in [0.2, 0.25) is 0 Å². The number of aryl methyl sites for hydroxylation is 1. The van der Waals surface area contributed by atoms with E-state index in [2.05, 4.69) is 15.4 Å². The molecule has 1 aliphatic carbocycles. The summed E-state index contributed by atoms with van der Waals surface area (Å²) in [6.45, 7) is 1.47. The molecule has 124 valence electrons. The minimum absolute atomic E-state index is 0.164. The first-order valence-corrected chi connectivity index (χ1v) is 8.52. The normalized spacial score (nSPS) is 14.0. The van der Waals surface area contributed by atoms with E-state index in [1.807, 2.05) is 18.5 Å². The van der Waals surface area contributed by atoms with Gasteiger partial charge in [-0.1, -0.05) is 0 Å². The van der Waals surface area contributed by atoms with Gasteiger partial charge in [0.1, 0.15) is 10.8 Å². The number of aromatic nitrogens is 3. The summed E-state index contributed by atoms with van der Waals surface area (Å²) in [7, 11) is 3.48. The summed E-state index contributed by atoms with van der Waals surface area (Å²) in [4.78, 5) is 18.5. The van der Waals surface area contributed by atoms with Crippen molar-refractivity contribution in [1.29, 1.82) is 0 Å². The van der Waals surface area contributed by atoms with Crippen LogP contribution in [0.25, 0.3) is 0 Å². The molecule has 0 aromatic carbocycles. The molecule has 3 rings (SSSR count). The molecule has 0 saturated heterocycles. The number of methoxy groups -OCH3 is 1. The molecule has 0 aliphatic heterocycles.